The van der Waals surface area contributed by atoms with Gasteiger partial charge in [0.2, 0.25) is 0 Å². The molecule has 0 saturated carbocycles. The zero-order chi connectivity index (χ0) is 16.7. The lowest BCUT2D eigenvalue weighted by atomic mass is 10.1. The van der Waals surface area contributed by atoms with Gasteiger partial charge in [0.25, 0.3) is 0 Å². The summed E-state index contributed by atoms with van der Waals surface area (Å²) in [5.74, 6) is 1.20. The summed E-state index contributed by atoms with van der Waals surface area (Å²) in [6.07, 6.45) is 0.856. The SMILES string of the molecule is Cc1nc2ccc(-c3nc(C4CCOC4)nn3CC(=O)O)cc2[nH]1. The number of ether oxygens (including phenoxy) is 1. The summed E-state index contributed by atoms with van der Waals surface area (Å²) >= 11 is 0. The average molecular weight is 327 g/mol. The molecule has 24 heavy (non-hydrogen) atoms. The maximum absolute atomic E-state index is 11.2. The number of fused-ring (bicyclic) bond motifs is 1. The van der Waals surface area contributed by atoms with Gasteiger partial charge in [0.15, 0.2) is 11.6 Å². The molecule has 8 heteroatoms. The number of aryl methyl sites for hydroxylation is 1. The van der Waals surface area contributed by atoms with Crippen molar-refractivity contribution in [3.05, 3.63) is 29.8 Å². The molecule has 1 unspecified atom stereocenters. The molecule has 124 valence electrons. The number of aromatic amines is 1. The van der Waals surface area contributed by atoms with E-state index in [0.29, 0.717) is 24.9 Å². The Morgan fingerprint density at radius 3 is 3.08 bits per heavy atom. The molecule has 2 aromatic heterocycles. The lowest BCUT2D eigenvalue weighted by Crippen LogP contribution is -2.12. The van der Waals surface area contributed by atoms with Gasteiger partial charge in [-0.1, -0.05) is 0 Å². The average Bonchev–Trinajstić information content (AvgIpc) is 3.23. The first-order valence-electron chi connectivity index (χ1n) is 7.81. The topological polar surface area (TPSA) is 106 Å². The van der Waals surface area contributed by atoms with E-state index >= 15 is 0 Å². The van der Waals surface area contributed by atoms with Gasteiger partial charge in [-0.05, 0) is 31.5 Å². The van der Waals surface area contributed by atoms with Gasteiger partial charge in [0.1, 0.15) is 12.4 Å². The number of carbonyl (C=O) groups is 1. The van der Waals surface area contributed by atoms with Gasteiger partial charge < -0.3 is 14.8 Å². The number of benzene rings is 1. The van der Waals surface area contributed by atoms with Crippen LogP contribution in [-0.2, 0) is 16.1 Å². The van der Waals surface area contributed by atoms with Crippen molar-refractivity contribution in [2.45, 2.75) is 25.8 Å². The second-order valence-electron chi connectivity index (χ2n) is 5.96. The Morgan fingerprint density at radius 2 is 2.33 bits per heavy atom. The van der Waals surface area contributed by atoms with Crippen LogP contribution in [0.2, 0.25) is 0 Å². The fourth-order valence-corrected chi connectivity index (χ4v) is 3.00. The van der Waals surface area contributed by atoms with Gasteiger partial charge in [0.05, 0.1) is 17.6 Å². The first-order valence-corrected chi connectivity index (χ1v) is 7.81. The van der Waals surface area contributed by atoms with Crippen molar-refractivity contribution in [2.75, 3.05) is 13.2 Å². The fraction of sp³-hybridized carbons (Fsp3) is 0.375. The highest BCUT2D eigenvalue weighted by atomic mass is 16.5. The minimum atomic E-state index is -0.950. The van der Waals surface area contributed by atoms with E-state index in [0.717, 1.165) is 28.8 Å². The second kappa shape index (κ2) is 5.72. The molecule has 1 atom stereocenters. The van der Waals surface area contributed by atoms with Crippen molar-refractivity contribution in [1.29, 1.82) is 0 Å². The molecule has 1 aliphatic rings. The summed E-state index contributed by atoms with van der Waals surface area (Å²) in [6.45, 7) is 2.93. The zero-order valence-corrected chi connectivity index (χ0v) is 13.2. The van der Waals surface area contributed by atoms with Crippen molar-refractivity contribution >= 4 is 17.0 Å². The number of aliphatic carboxylic acids is 1. The highest BCUT2D eigenvalue weighted by Crippen LogP contribution is 2.27. The molecule has 1 saturated heterocycles. The Hall–Kier alpha value is -2.74. The van der Waals surface area contributed by atoms with E-state index in [1.54, 1.807) is 0 Å². The van der Waals surface area contributed by atoms with Crippen molar-refractivity contribution in [2.24, 2.45) is 0 Å². The standard InChI is InChI=1S/C16H17N5O3/c1-9-17-12-3-2-10(6-13(12)18-9)16-19-15(11-4-5-24-8-11)20-21(16)7-14(22)23/h2-3,6,11H,4-5,7-8H2,1H3,(H,17,18)(H,22,23). The summed E-state index contributed by atoms with van der Waals surface area (Å²) in [7, 11) is 0. The molecule has 2 N–H and O–H groups in total. The summed E-state index contributed by atoms with van der Waals surface area (Å²) in [4.78, 5) is 23.3. The molecule has 0 radical (unpaired) electrons. The number of hydrogen-bond acceptors (Lipinski definition) is 5. The van der Waals surface area contributed by atoms with E-state index in [4.69, 9.17) is 9.84 Å². The minimum absolute atomic E-state index is 0.122. The van der Waals surface area contributed by atoms with Gasteiger partial charge in [-0.15, -0.1) is 0 Å². The van der Waals surface area contributed by atoms with Crippen molar-refractivity contribution in [1.82, 2.24) is 24.7 Å². The minimum Gasteiger partial charge on any atom is -0.480 e. The fourth-order valence-electron chi connectivity index (χ4n) is 3.00. The van der Waals surface area contributed by atoms with Gasteiger partial charge in [-0.25, -0.2) is 14.6 Å². The van der Waals surface area contributed by atoms with Crippen LogP contribution in [0.5, 0.6) is 0 Å². The number of nitrogens with one attached hydrogen (secondary N) is 1. The second-order valence-corrected chi connectivity index (χ2v) is 5.96. The lowest BCUT2D eigenvalue weighted by molar-refractivity contribution is -0.137. The van der Waals surface area contributed by atoms with E-state index in [1.807, 2.05) is 25.1 Å². The molecule has 0 amide bonds. The van der Waals surface area contributed by atoms with Crippen molar-refractivity contribution in [3.8, 4) is 11.4 Å². The number of nitrogens with zero attached hydrogens (tertiary/aromatic N) is 4. The third-order valence-electron chi connectivity index (χ3n) is 4.13. The van der Waals surface area contributed by atoms with Crippen LogP contribution in [0.3, 0.4) is 0 Å². The van der Waals surface area contributed by atoms with Crippen molar-refractivity contribution < 1.29 is 14.6 Å². The Kier molecular flexibility index (Phi) is 3.53. The third-order valence-corrected chi connectivity index (χ3v) is 4.13. The number of hydrogen-bond donors (Lipinski definition) is 2. The van der Waals surface area contributed by atoms with Crippen LogP contribution in [0.25, 0.3) is 22.4 Å². The van der Waals surface area contributed by atoms with E-state index < -0.39 is 5.97 Å². The van der Waals surface area contributed by atoms with Gasteiger partial charge in [-0.2, -0.15) is 5.10 Å². The predicted molar refractivity (Wildman–Crippen MR) is 85.7 cm³/mol. The Labute approximate surface area is 137 Å². The normalized spacial score (nSPS) is 17.6. The highest BCUT2D eigenvalue weighted by molar-refractivity contribution is 5.80. The zero-order valence-electron chi connectivity index (χ0n) is 13.2. The molecule has 1 aliphatic heterocycles. The third kappa shape index (κ3) is 2.65. The first-order chi connectivity index (χ1) is 11.6. The molecule has 1 fully saturated rings. The Balaban J connectivity index is 1.79. The van der Waals surface area contributed by atoms with Crippen LogP contribution in [0.15, 0.2) is 18.2 Å². The van der Waals surface area contributed by atoms with E-state index in [1.165, 1.54) is 4.68 Å². The molecule has 4 rings (SSSR count). The number of rotatable bonds is 4. The quantitative estimate of drug-likeness (QED) is 0.756. The molecule has 0 aliphatic carbocycles. The molecular formula is C16H17N5O3. The Morgan fingerprint density at radius 1 is 1.46 bits per heavy atom. The first kappa shape index (κ1) is 14.8. The van der Waals surface area contributed by atoms with Gasteiger partial charge >= 0.3 is 5.97 Å². The van der Waals surface area contributed by atoms with Crippen LogP contribution in [0, 0.1) is 6.92 Å². The lowest BCUT2D eigenvalue weighted by Gasteiger charge is -2.03. The highest BCUT2D eigenvalue weighted by Gasteiger charge is 2.24. The molecule has 0 bridgehead atoms. The van der Waals surface area contributed by atoms with Crippen LogP contribution in [-0.4, -0.2) is 49.0 Å². The maximum Gasteiger partial charge on any atom is 0.325 e. The van der Waals surface area contributed by atoms with E-state index in [9.17, 15) is 4.79 Å². The molecule has 8 nitrogen and oxygen atoms in total. The summed E-state index contributed by atoms with van der Waals surface area (Å²) in [5.41, 5.74) is 2.57. The number of aromatic nitrogens is 5. The predicted octanol–water partition coefficient (Wildman–Crippen LogP) is 1.72. The molecular weight excluding hydrogens is 310 g/mol. The largest absolute Gasteiger partial charge is 0.480 e. The van der Waals surface area contributed by atoms with E-state index in [-0.39, 0.29) is 12.5 Å². The molecule has 3 heterocycles. The summed E-state index contributed by atoms with van der Waals surface area (Å²) in [6, 6.07) is 5.71. The van der Waals surface area contributed by atoms with Crippen molar-refractivity contribution in [3.63, 3.8) is 0 Å². The van der Waals surface area contributed by atoms with Crippen LogP contribution in [0.4, 0.5) is 0 Å². The number of imidazole rings is 1. The smallest absolute Gasteiger partial charge is 0.325 e. The molecule has 3 aromatic rings. The number of carboxylic acid groups (broad SMARTS) is 1. The maximum atomic E-state index is 11.2. The number of carboxylic acids is 1. The molecule has 1 aromatic carbocycles. The van der Waals surface area contributed by atoms with Crippen LogP contribution < -0.4 is 0 Å². The van der Waals surface area contributed by atoms with Crippen LogP contribution >= 0.6 is 0 Å². The summed E-state index contributed by atoms with van der Waals surface area (Å²) < 4.78 is 6.83. The van der Waals surface area contributed by atoms with Gasteiger partial charge in [0, 0.05) is 18.1 Å². The van der Waals surface area contributed by atoms with Gasteiger partial charge in [-0.3, -0.25) is 4.79 Å². The molecule has 0 spiro atoms. The monoisotopic (exact) mass is 327 g/mol. The van der Waals surface area contributed by atoms with Crippen LogP contribution in [0.1, 0.15) is 24.0 Å². The Bertz CT molecular complexity index is 908. The van der Waals surface area contributed by atoms with E-state index in [2.05, 4.69) is 20.1 Å². The number of H-pyrrole nitrogens is 1. The summed E-state index contributed by atoms with van der Waals surface area (Å²) in [5, 5.41) is 13.6.